The number of ether oxygens (including phenoxy) is 1. The maximum atomic E-state index is 13.0. The van der Waals surface area contributed by atoms with E-state index >= 15 is 0 Å². The molecule has 0 radical (unpaired) electrons. The van der Waals surface area contributed by atoms with E-state index in [1.807, 2.05) is 24.8 Å². The summed E-state index contributed by atoms with van der Waals surface area (Å²) in [5, 5.41) is 2.22. The van der Waals surface area contributed by atoms with Gasteiger partial charge in [-0.15, -0.1) is 0 Å². The van der Waals surface area contributed by atoms with Crippen molar-refractivity contribution in [3.8, 4) is 0 Å². The van der Waals surface area contributed by atoms with E-state index in [1.54, 1.807) is 24.3 Å². The van der Waals surface area contributed by atoms with Crippen LogP contribution in [0, 0.1) is 13.8 Å². The Morgan fingerprint density at radius 2 is 1.76 bits per heavy atom. The van der Waals surface area contributed by atoms with E-state index in [4.69, 9.17) is 9.15 Å². The minimum Gasteiger partial charge on any atom is -0.441 e. The van der Waals surface area contributed by atoms with Crippen LogP contribution in [0.15, 0.2) is 40.3 Å². The number of nitrogens with one attached hydrogen (secondary N) is 1. The Morgan fingerprint density at radius 1 is 1.00 bits per heavy atom. The molecule has 1 N–H and O–H groups in total. The molecule has 0 unspecified atom stereocenters. The van der Waals surface area contributed by atoms with Crippen LogP contribution < -0.4 is 15.1 Å². The summed E-state index contributed by atoms with van der Waals surface area (Å²) in [5.74, 6) is -0.430. The Balaban J connectivity index is 1.63. The van der Waals surface area contributed by atoms with Gasteiger partial charge < -0.3 is 14.1 Å². The Bertz CT molecular complexity index is 1020. The number of carbonyl (C=O) groups excluding carboxylic acids is 3. The Morgan fingerprint density at radius 3 is 2.48 bits per heavy atom. The van der Waals surface area contributed by atoms with Crippen LogP contribution in [0.1, 0.15) is 16.9 Å². The van der Waals surface area contributed by atoms with Crippen LogP contribution in [0.25, 0.3) is 6.08 Å². The van der Waals surface area contributed by atoms with E-state index in [2.05, 4.69) is 5.32 Å². The molecule has 0 bridgehead atoms. The summed E-state index contributed by atoms with van der Waals surface area (Å²) in [6, 6.07) is 7.95. The van der Waals surface area contributed by atoms with Crippen molar-refractivity contribution >= 4 is 35.5 Å². The lowest BCUT2D eigenvalue weighted by Crippen LogP contribution is -2.54. The number of aryl methyl sites for hydroxylation is 2. The Labute approximate surface area is 167 Å². The molecule has 2 aromatic rings. The summed E-state index contributed by atoms with van der Waals surface area (Å²) in [6.07, 6.45) is 1.36. The molecular formula is C21H21N3O5. The van der Waals surface area contributed by atoms with E-state index in [0.29, 0.717) is 43.6 Å². The number of morpholine rings is 1. The van der Waals surface area contributed by atoms with E-state index in [1.165, 1.54) is 6.08 Å². The summed E-state index contributed by atoms with van der Waals surface area (Å²) in [5.41, 5.74) is 2.22. The van der Waals surface area contributed by atoms with Crippen LogP contribution in [-0.4, -0.2) is 44.1 Å². The number of barbiturate groups is 1. The third-order valence-corrected chi connectivity index (χ3v) is 5.07. The normalized spacial score (nSPS) is 19.1. The first-order chi connectivity index (χ1) is 13.9. The second kappa shape index (κ2) is 7.56. The topological polar surface area (TPSA) is 92.1 Å². The molecule has 2 fully saturated rings. The van der Waals surface area contributed by atoms with E-state index in [0.717, 1.165) is 16.0 Å². The van der Waals surface area contributed by atoms with Gasteiger partial charge in [-0.05, 0) is 49.2 Å². The number of furan rings is 1. The molecule has 3 heterocycles. The molecule has 4 rings (SSSR count). The third kappa shape index (κ3) is 3.66. The van der Waals surface area contributed by atoms with Gasteiger partial charge in [0.2, 0.25) is 0 Å². The standard InChI is InChI=1S/C21H21N3O5/c1-13-3-4-15(11-14(13)2)24-20(26)17(19(25)22-21(24)27)12-16-5-6-18(29-16)23-7-9-28-10-8-23/h3-6,11-12H,7-10H2,1-2H3,(H,22,25,27)/b17-12+. The highest BCUT2D eigenvalue weighted by Gasteiger charge is 2.37. The van der Waals surface area contributed by atoms with Crippen molar-refractivity contribution in [2.45, 2.75) is 13.8 Å². The summed E-state index contributed by atoms with van der Waals surface area (Å²) >= 11 is 0. The van der Waals surface area contributed by atoms with Crippen molar-refractivity contribution < 1.29 is 23.5 Å². The van der Waals surface area contributed by atoms with Gasteiger partial charge in [0.25, 0.3) is 11.8 Å². The zero-order valence-corrected chi connectivity index (χ0v) is 16.2. The number of benzene rings is 1. The van der Waals surface area contributed by atoms with Crippen LogP contribution in [0.4, 0.5) is 16.4 Å². The zero-order chi connectivity index (χ0) is 20.5. The molecule has 0 spiro atoms. The van der Waals surface area contributed by atoms with Gasteiger partial charge in [0.05, 0.1) is 18.9 Å². The highest BCUT2D eigenvalue weighted by Crippen LogP contribution is 2.26. The van der Waals surface area contributed by atoms with Gasteiger partial charge in [-0.25, -0.2) is 9.69 Å². The molecule has 8 nitrogen and oxygen atoms in total. The van der Waals surface area contributed by atoms with Crippen molar-refractivity contribution in [3.05, 3.63) is 52.8 Å². The second-order valence-electron chi connectivity index (χ2n) is 7.00. The van der Waals surface area contributed by atoms with Gasteiger partial charge in [0, 0.05) is 19.2 Å². The SMILES string of the molecule is Cc1ccc(N2C(=O)NC(=O)/C(=C\c3ccc(N4CCOCC4)o3)C2=O)cc1C. The first kappa shape index (κ1) is 18.9. The van der Waals surface area contributed by atoms with Crippen LogP contribution in [0.2, 0.25) is 0 Å². The van der Waals surface area contributed by atoms with Crippen LogP contribution in [-0.2, 0) is 14.3 Å². The van der Waals surface area contributed by atoms with Crippen molar-refractivity contribution in [2.75, 3.05) is 36.1 Å². The molecule has 2 aliphatic rings. The predicted molar refractivity (Wildman–Crippen MR) is 107 cm³/mol. The average Bonchev–Trinajstić information content (AvgIpc) is 3.17. The fourth-order valence-electron chi connectivity index (χ4n) is 3.27. The quantitative estimate of drug-likeness (QED) is 0.634. The first-order valence-corrected chi connectivity index (χ1v) is 9.35. The summed E-state index contributed by atoms with van der Waals surface area (Å²) < 4.78 is 11.1. The lowest BCUT2D eigenvalue weighted by atomic mass is 10.1. The van der Waals surface area contributed by atoms with Crippen molar-refractivity contribution in [3.63, 3.8) is 0 Å². The maximum absolute atomic E-state index is 13.0. The van der Waals surface area contributed by atoms with Gasteiger partial charge in [-0.3, -0.25) is 14.9 Å². The molecule has 4 amide bonds. The fraction of sp³-hybridized carbons (Fsp3) is 0.286. The van der Waals surface area contributed by atoms with Gasteiger partial charge >= 0.3 is 6.03 Å². The largest absolute Gasteiger partial charge is 0.441 e. The van der Waals surface area contributed by atoms with Gasteiger partial charge in [-0.2, -0.15) is 0 Å². The lowest BCUT2D eigenvalue weighted by Gasteiger charge is -2.27. The number of amides is 4. The smallest absolute Gasteiger partial charge is 0.335 e. The number of anilines is 2. The van der Waals surface area contributed by atoms with Gasteiger partial charge in [0.1, 0.15) is 11.3 Å². The number of nitrogens with zero attached hydrogens (tertiary/aromatic N) is 2. The highest BCUT2D eigenvalue weighted by molar-refractivity contribution is 6.39. The molecule has 1 aromatic heterocycles. The Hall–Kier alpha value is -3.39. The predicted octanol–water partition coefficient (Wildman–Crippen LogP) is 2.40. The first-order valence-electron chi connectivity index (χ1n) is 9.35. The molecule has 2 saturated heterocycles. The second-order valence-corrected chi connectivity index (χ2v) is 7.00. The average molecular weight is 395 g/mol. The minimum absolute atomic E-state index is 0.161. The summed E-state index contributed by atoms with van der Waals surface area (Å²) in [7, 11) is 0. The lowest BCUT2D eigenvalue weighted by molar-refractivity contribution is -0.122. The van der Waals surface area contributed by atoms with Crippen LogP contribution in [0.3, 0.4) is 0 Å². The number of hydrogen-bond acceptors (Lipinski definition) is 6. The van der Waals surface area contributed by atoms with Crippen LogP contribution >= 0.6 is 0 Å². The number of hydrogen-bond donors (Lipinski definition) is 1. The third-order valence-electron chi connectivity index (χ3n) is 5.07. The molecule has 0 atom stereocenters. The van der Waals surface area contributed by atoms with E-state index < -0.39 is 17.8 Å². The molecule has 1 aromatic carbocycles. The molecule has 29 heavy (non-hydrogen) atoms. The monoisotopic (exact) mass is 395 g/mol. The van der Waals surface area contributed by atoms with Crippen molar-refractivity contribution in [2.24, 2.45) is 0 Å². The van der Waals surface area contributed by atoms with Gasteiger partial charge in [-0.1, -0.05) is 6.07 Å². The number of urea groups is 1. The Kier molecular flexibility index (Phi) is 4.94. The molecular weight excluding hydrogens is 374 g/mol. The number of imide groups is 2. The maximum Gasteiger partial charge on any atom is 0.335 e. The molecule has 0 saturated carbocycles. The summed E-state index contributed by atoms with van der Waals surface area (Å²) in [4.78, 5) is 40.6. The number of rotatable bonds is 3. The van der Waals surface area contributed by atoms with Gasteiger partial charge in [0.15, 0.2) is 5.88 Å². The highest BCUT2D eigenvalue weighted by atomic mass is 16.5. The van der Waals surface area contributed by atoms with Crippen molar-refractivity contribution in [1.82, 2.24) is 5.32 Å². The molecule has 150 valence electrons. The van der Waals surface area contributed by atoms with E-state index in [9.17, 15) is 14.4 Å². The summed E-state index contributed by atoms with van der Waals surface area (Å²) in [6.45, 7) is 6.48. The molecule has 0 aliphatic carbocycles. The number of carbonyl (C=O) groups is 3. The molecule has 8 heteroatoms. The fourth-order valence-corrected chi connectivity index (χ4v) is 3.27. The van der Waals surface area contributed by atoms with Crippen molar-refractivity contribution in [1.29, 1.82) is 0 Å². The van der Waals surface area contributed by atoms with Crippen LogP contribution in [0.5, 0.6) is 0 Å². The minimum atomic E-state index is -0.770. The zero-order valence-electron chi connectivity index (χ0n) is 16.2. The molecule has 2 aliphatic heterocycles. The van der Waals surface area contributed by atoms with E-state index in [-0.39, 0.29) is 5.57 Å².